The van der Waals surface area contributed by atoms with E-state index in [1.807, 2.05) is 20.8 Å². The summed E-state index contributed by atoms with van der Waals surface area (Å²) in [6.45, 7) is 10.1. The molecule has 0 aliphatic heterocycles. The Kier molecular flexibility index (Phi) is 4.35. The van der Waals surface area contributed by atoms with Crippen LogP contribution in [-0.2, 0) is 4.79 Å². The second-order valence-corrected chi connectivity index (χ2v) is 5.83. The highest BCUT2D eigenvalue weighted by Gasteiger charge is 2.36. The van der Waals surface area contributed by atoms with Gasteiger partial charge in [0.05, 0.1) is 0 Å². The Morgan fingerprint density at radius 1 is 1.31 bits per heavy atom. The number of amidine groups is 1. The molecule has 0 heterocycles. The first-order valence-electron chi connectivity index (χ1n) is 5.26. The van der Waals surface area contributed by atoms with Crippen molar-refractivity contribution in [2.45, 2.75) is 34.6 Å². The fraction of sp³-hybridized carbons (Fsp3) is 0.818. The van der Waals surface area contributed by atoms with Gasteiger partial charge in [-0.05, 0) is 19.3 Å². The highest BCUT2D eigenvalue weighted by Crippen LogP contribution is 2.22. The molecule has 0 spiro atoms. The van der Waals surface area contributed by atoms with Crippen LogP contribution in [-0.4, -0.2) is 35.4 Å². The van der Waals surface area contributed by atoms with Gasteiger partial charge < -0.3 is 15.8 Å². The van der Waals surface area contributed by atoms with Crippen LogP contribution in [0.5, 0.6) is 0 Å². The number of hydrogen-bond acceptors (Lipinski definition) is 3. The number of hydrogen-bond donors (Lipinski definition) is 2. The third kappa shape index (κ3) is 3.72. The summed E-state index contributed by atoms with van der Waals surface area (Å²) in [6, 6.07) is 0. The average molecular weight is 229 g/mol. The Bertz CT molecular complexity index is 290. The molecule has 3 N–H and O–H groups in total. The molecule has 0 bridgehead atoms. The van der Waals surface area contributed by atoms with E-state index in [-0.39, 0.29) is 17.2 Å². The molecule has 94 valence electrons. The summed E-state index contributed by atoms with van der Waals surface area (Å²) in [6.07, 6.45) is 0. The third-order valence-corrected chi connectivity index (χ3v) is 2.34. The summed E-state index contributed by atoms with van der Waals surface area (Å²) in [5.41, 5.74) is 4.55. The quantitative estimate of drug-likeness (QED) is 0.331. The topological polar surface area (TPSA) is 78.9 Å². The van der Waals surface area contributed by atoms with Gasteiger partial charge in [0.25, 0.3) is 0 Å². The summed E-state index contributed by atoms with van der Waals surface area (Å²) in [5, 5.41) is 11.5. The number of nitrogens with two attached hydrogens (primary N) is 1. The van der Waals surface area contributed by atoms with Crippen molar-refractivity contribution in [3.8, 4) is 0 Å². The normalized spacial score (nSPS) is 13.8. The van der Waals surface area contributed by atoms with Crippen molar-refractivity contribution in [2.75, 3.05) is 13.6 Å². The van der Waals surface area contributed by atoms with Gasteiger partial charge in [0.1, 0.15) is 5.41 Å². The first kappa shape index (κ1) is 14.7. The van der Waals surface area contributed by atoms with Crippen molar-refractivity contribution >= 4 is 11.7 Å². The standard InChI is InChI=1S/C11H23N3O2/c1-10(2,3)7-14(6)9(15)11(4,5)8(12)13-16/h16H,7H2,1-6H3,(H2,12,13). The number of rotatable bonds is 3. The Hall–Kier alpha value is -1.26. The minimum Gasteiger partial charge on any atom is -0.409 e. The van der Waals surface area contributed by atoms with Crippen LogP contribution in [0, 0.1) is 10.8 Å². The number of amides is 1. The molecule has 0 fully saturated rings. The lowest BCUT2D eigenvalue weighted by Crippen LogP contribution is -2.48. The highest BCUT2D eigenvalue weighted by atomic mass is 16.4. The lowest BCUT2D eigenvalue weighted by Gasteiger charge is -2.32. The largest absolute Gasteiger partial charge is 0.409 e. The van der Waals surface area contributed by atoms with Gasteiger partial charge in [-0.3, -0.25) is 4.79 Å². The molecule has 0 aromatic carbocycles. The van der Waals surface area contributed by atoms with Crippen LogP contribution in [0.15, 0.2) is 5.16 Å². The summed E-state index contributed by atoms with van der Waals surface area (Å²) < 4.78 is 0. The van der Waals surface area contributed by atoms with E-state index >= 15 is 0 Å². The zero-order chi connectivity index (χ0) is 13.1. The molecule has 0 atom stereocenters. The molecule has 0 radical (unpaired) electrons. The zero-order valence-electron chi connectivity index (χ0n) is 11.0. The lowest BCUT2D eigenvalue weighted by atomic mass is 9.88. The van der Waals surface area contributed by atoms with E-state index < -0.39 is 5.41 Å². The predicted molar refractivity (Wildman–Crippen MR) is 64.3 cm³/mol. The van der Waals surface area contributed by atoms with Crippen LogP contribution >= 0.6 is 0 Å². The Morgan fingerprint density at radius 2 is 1.75 bits per heavy atom. The third-order valence-electron chi connectivity index (χ3n) is 2.34. The molecule has 0 aromatic heterocycles. The first-order chi connectivity index (χ1) is 7.02. The van der Waals surface area contributed by atoms with E-state index in [4.69, 9.17) is 10.9 Å². The zero-order valence-corrected chi connectivity index (χ0v) is 11.0. The minimum atomic E-state index is -0.977. The second kappa shape index (κ2) is 4.72. The maximum Gasteiger partial charge on any atom is 0.235 e. The molecule has 0 aromatic rings. The predicted octanol–water partition coefficient (Wildman–Crippen LogP) is 1.26. The van der Waals surface area contributed by atoms with Crippen molar-refractivity contribution < 1.29 is 10.0 Å². The molecule has 0 saturated carbocycles. The molecule has 1 amide bonds. The minimum absolute atomic E-state index is 0.0195. The fourth-order valence-corrected chi connectivity index (χ4v) is 1.50. The summed E-state index contributed by atoms with van der Waals surface area (Å²) in [5.74, 6) is -0.226. The van der Waals surface area contributed by atoms with Gasteiger partial charge in [0, 0.05) is 13.6 Å². The molecule has 0 rings (SSSR count). The maximum atomic E-state index is 12.1. The monoisotopic (exact) mass is 229 g/mol. The smallest absolute Gasteiger partial charge is 0.235 e. The fourth-order valence-electron chi connectivity index (χ4n) is 1.50. The van der Waals surface area contributed by atoms with Crippen molar-refractivity contribution in [1.82, 2.24) is 4.90 Å². The van der Waals surface area contributed by atoms with Gasteiger partial charge in [0.2, 0.25) is 5.91 Å². The summed E-state index contributed by atoms with van der Waals surface area (Å²) in [4.78, 5) is 13.7. The molecule has 16 heavy (non-hydrogen) atoms. The van der Waals surface area contributed by atoms with Gasteiger partial charge in [-0.15, -0.1) is 0 Å². The van der Waals surface area contributed by atoms with E-state index in [1.54, 1.807) is 25.8 Å². The number of carbonyl (C=O) groups is 1. The van der Waals surface area contributed by atoms with Crippen molar-refractivity contribution in [1.29, 1.82) is 0 Å². The van der Waals surface area contributed by atoms with Crippen LogP contribution < -0.4 is 5.73 Å². The molecular formula is C11H23N3O2. The van der Waals surface area contributed by atoms with Crippen molar-refractivity contribution in [2.24, 2.45) is 21.7 Å². The van der Waals surface area contributed by atoms with Crippen LogP contribution in [0.1, 0.15) is 34.6 Å². The number of oxime groups is 1. The van der Waals surface area contributed by atoms with Crippen molar-refractivity contribution in [3.63, 3.8) is 0 Å². The van der Waals surface area contributed by atoms with E-state index in [0.717, 1.165) is 0 Å². The van der Waals surface area contributed by atoms with E-state index in [2.05, 4.69) is 5.16 Å². The second-order valence-electron chi connectivity index (χ2n) is 5.83. The van der Waals surface area contributed by atoms with Gasteiger partial charge in [-0.1, -0.05) is 25.9 Å². The Labute approximate surface area is 97.3 Å². The van der Waals surface area contributed by atoms with Crippen LogP contribution in [0.4, 0.5) is 0 Å². The van der Waals surface area contributed by atoms with Gasteiger partial charge >= 0.3 is 0 Å². The van der Waals surface area contributed by atoms with Crippen LogP contribution in [0.3, 0.4) is 0 Å². The van der Waals surface area contributed by atoms with E-state index in [9.17, 15) is 4.79 Å². The highest BCUT2D eigenvalue weighted by molar-refractivity contribution is 6.05. The molecule has 5 nitrogen and oxygen atoms in total. The molecular weight excluding hydrogens is 206 g/mol. The van der Waals surface area contributed by atoms with Crippen molar-refractivity contribution in [3.05, 3.63) is 0 Å². The van der Waals surface area contributed by atoms with E-state index in [0.29, 0.717) is 6.54 Å². The molecule has 0 aliphatic rings. The summed E-state index contributed by atoms with van der Waals surface area (Å²) >= 11 is 0. The Morgan fingerprint density at radius 3 is 2.06 bits per heavy atom. The lowest BCUT2D eigenvalue weighted by molar-refractivity contribution is -0.136. The SMILES string of the molecule is CN(CC(C)(C)C)C(=O)C(C)(C)C(N)=NO. The summed E-state index contributed by atoms with van der Waals surface area (Å²) in [7, 11) is 1.72. The Balaban J connectivity index is 4.81. The molecule has 5 heteroatoms. The number of carbonyl (C=O) groups excluding carboxylic acids is 1. The van der Waals surface area contributed by atoms with Gasteiger partial charge in [0.15, 0.2) is 5.84 Å². The van der Waals surface area contributed by atoms with Crippen LogP contribution in [0.25, 0.3) is 0 Å². The van der Waals surface area contributed by atoms with Gasteiger partial charge in [-0.2, -0.15) is 0 Å². The molecule has 0 aliphatic carbocycles. The first-order valence-corrected chi connectivity index (χ1v) is 5.26. The van der Waals surface area contributed by atoms with E-state index in [1.165, 1.54) is 0 Å². The average Bonchev–Trinajstić information content (AvgIpc) is 2.12. The number of nitrogens with zero attached hydrogens (tertiary/aromatic N) is 2. The molecule has 0 unspecified atom stereocenters. The maximum absolute atomic E-state index is 12.1. The van der Waals surface area contributed by atoms with Crippen LogP contribution in [0.2, 0.25) is 0 Å². The molecule has 0 saturated heterocycles. The van der Waals surface area contributed by atoms with Gasteiger partial charge in [-0.25, -0.2) is 0 Å².